The number of amides is 1. The minimum absolute atomic E-state index is 0.0173. The van der Waals surface area contributed by atoms with Crippen LogP contribution >= 0.6 is 0 Å². The van der Waals surface area contributed by atoms with Gasteiger partial charge in [0.2, 0.25) is 15.9 Å². The van der Waals surface area contributed by atoms with Gasteiger partial charge >= 0.3 is 5.97 Å². The molecule has 2 heterocycles. The van der Waals surface area contributed by atoms with Gasteiger partial charge in [0.15, 0.2) is 0 Å². The summed E-state index contributed by atoms with van der Waals surface area (Å²) < 4.78 is 27.7. The topological polar surface area (TPSA) is 113 Å². The average Bonchev–Trinajstić information content (AvgIpc) is 3.21. The van der Waals surface area contributed by atoms with Gasteiger partial charge in [0.1, 0.15) is 0 Å². The molecule has 138 valence electrons. The maximum Gasteiger partial charge on any atom is 0.328 e. The van der Waals surface area contributed by atoms with E-state index in [2.05, 4.69) is 5.10 Å². The number of rotatable bonds is 8. The fraction of sp³-hybridized carbons (Fsp3) is 0.533. The molecule has 0 saturated carbocycles. The van der Waals surface area contributed by atoms with Crippen molar-refractivity contribution in [3.63, 3.8) is 0 Å². The molecule has 25 heavy (non-hydrogen) atoms. The molecule has 0 atom stereocenters. The third-order valence-electron chi connectivity index (χ3n) is 3.89. The highest BCUT2D eigenvalue weighted by Crippen LogP contribution is 2.14. The molecule has 1 aliphatic heterocycles. The van der Waals surface area contributed by atoms with E-state index >= 15 is 0 Å². The SMILES string of the molecule is Cn1cc(CN(CCS(=O)(=O)N2CCCC2)C(=O)/C=C/C(=O)O)cn1. The monoisotopic (exact) mass is 370 g/mol. The summed E-state index contributed by atoms with van der Waals surface area (Å²) >= 11 is 0. The minimum atomic E-state index is -3.43. The number of hydrogen-bond acceptors (Lipinski definition) is 5. The lowest BCUT2D eigenvalue weighted by atomic mass is 10.3. The number of carboxylic acids is 1. The minimum Gasteiger partial charge on any atom is -0.478 e. The molecule has 1 aromatic rings. The van der Waals surface area contributed by atoms with Gasteiger partial charge in [0.05, 0.1) is 11.9 Å². The molecule has 1 amide bonds. The molecule has 9 nitrogen and oxygen atoms in total. The van der Waals surface area contributed by atoms with E-state index < -0.39 is 21.9 Å². The molecule has 0 spiro atoms. The van der Waals surface area contributed by atoms with Crippen molar-refractivity contribution < 1.29 is 23.1 Å². The van der Waals surface area contributed by atoms with E-state index in [0.29, 0.717) is 13.1 Å². The van der Waals surface area contributed by atoms with Crippen molar-refractivity contribution in [1.29, 1.82) is 0 Å². The number of aryl methyl sites for hydroxylation is 1. The van der Waals surface area contributed by atoms with E-state index in [1.54, 1.807) is 24.1 Å². The molecular weight excluding hydrogens is 348 g/mol. The second kappa shape index (κ2) is 8.26. The number of carbonyl (C=O) groups is 2. The number of carbonyl (C=O) groups excluding carboxylic acids is 1. The molecular formula is C15H22N4O5S. The Morgan fingerprint density at radius 1 is 1.32 bits per heavy atom. The first kappa shape index (κ1) is 19.1. The van der Waals surface area contributed by atoms with Crippen LogP contribution in [0.25, 0.3) is 0 Å². The normalized spacial score (nSPS) is 15.7. The van der Waals surface area contributed by atoms with Crippen LogP contribution in [0.5, 0.6) is 0 Å². The summed E-state index contributed by atoms with van der Waals surface area (Å²) in [5, 5.41) is 12.7. The highest BCUT2D eigenvalue weighted by Gasteiger charge is 2.26. The fourth-order valence-electron chi connectivity index (χ4n) is 2.61. The van der Waals surface area contributed by atoms with E-state index in [0.717, 1.165) is 30.6 Å². The molecule has 10 heteroatoms. The van der Waals surface area contributed by atoms with Gasteiger partial charge in [-0.15, -0.1) is 0 Å². The van der Waals surface area contributed by atoms with E-state index in [4.69, 9.17) is 5.11 Å². The quantitative estimate of drug-likeness (QED) is 0.635. The molecule has 0 bridgehead atoms. The van der Waals surface area contributed by atoms with Gasteiger partial charge < -0.3 is 10.0 Å². The zero-order valence-corrected chi connectivity index (χ0v) is 14.9. The maximum absolute atomic E-state index is 12.3. The molecule has 1 aliphatic rings. The molecule has 2 rings (SSSR count). The predicted octanol–water partition coefficient (Wildman–Crippen LogP) is -0.185. The molecule has 0 aromatic carbocycles. The number of aliphatic carboxylic acids is 1. The van der Waals surface area contributed by atoms with Gasteiger partial charge in [-0.1, -0.05) is 0 Å². The summed E-state index contributed by atoms with van der Waals surface area (Å²) in [7, 11) is -1.69. The van der Waals surface area contributed by atoms with Crippen molar-refractivity contribution in [2.75, 3.05) is 25.4 Å². The first-order valence-electron chi connectivity index (χ1n) is 7.93. The molecule has 0 unspecified atom stereocenters. The Balaban J connectivity index is 2.07. The average molecular weight is 370 g/mol. The fourth-order valence-corrected chi connectivity index (χ4v) is 4.13. The zero-order valence-electron chi connectivity index (χ0n) is 14.0. The third-order valence-corrected chi connectivity index (χ3v) is 5.74. The highest BCUT2D eigenvalue weighted by atomic mass is 32.2. The van der Waals surface area contributed by atoms with Gasteiger partial charge in [-0.05, 0) is 12.8 Å². The maximum atomic E-state index is 12.3. The van der Waals surface area contributed by atoms with Crippen LogP contribution in [0.2, 0.25) is 0 Å². The standard InChI is InChI=1S/C15H22N4O5S/c1-17-11-13(10-16-17)12-18(14(20)4-5-15(21)22)8-9-25(23,24)19-6-2-3-7-19/h4-5,10-11H,2-3,6-9,12H2,1H3,(H,21,22)/b5-4+. The second-order valence-corrected chi connectivity index (χ2v) is 7.96. The van der Waals surface area contributed by atoms with Crippen LogP contribution in [0.1, 0.15) is 18.4 Å². The van der Waals surface area contributed by atoms with E-state index in [9.17, 15) is 18.0 Å². The van der Waals surface area contributed by atoms with Crippen molar-refractivity contribution in [2.45, 2.75) is 19.4 Å². The van der Waals surface area contributed by atoms with Crippen molar-refractivity contribution in [2.24, 2.45) is 7.05 Å². The second-order valence-electron chi connectivity index (χ2n) is 5.88. The molecule has 1 N–H and O–H groups in total. The van der Waals surface area contributed by atoms with Crippen LogP contribution in [0.4, 0.5) is 0 Å². The Hall–Kier alpha value is -2.20. The van der Waals surface area contributed by atoms with Gasteiger partial charge in [0, 0.05) is 57.1 Å². The van der Waals surface area contributed by atoms with Gasteiger partial charge in [0.25, 0.3) is 0 Å². The highest BCUT2D eigenvalue weighted by molar-refractivity contribution is 7.89. The van der Waals surface area contributed by atoms with Crippen molar-refractivity contribution in [3.05, 3.63) is 30.1 Å². The lowest BCUT2D eigenvalue weighted by Gasteiger charge is -2.22. The number of carboxylic acid groups (broad SMARTS) is 1. The third kappa shape index (κ3) is 5.68. The smallest absolute Gasteiger partial charge is 0.328 e. The van der Waals surface area contributed by atoms with Crippen LogP contribution in [-0.2, 0) is 33.2 Å². The zero-order chi connectivity index (χ0) is 18.4. The summed E-state index contributed by atoms with van der Waals surface area (Å²) in [5.41, 5.74) is 0.734. The van der Waals surface area contributed by atoms with E-state index in [1.165, 1.54) is 9.21 Å². The van der Waals surface area contributed by atoms with Gasteiger partial charge in [-0.3, -0.25) is 9.48 Å². The molecule has 0 aliphatic carbocycles. The largest absolute Gasteiger partial charge is 0.478 e. The van der Waals surface area contributed by atoms with Crippen molar-refractivity contribution >= 4 is 21.9 Å². The van der Waals surface area contributed by atoms with Crippen molar-refractivity contribution in [1.82, 2.24) is 19.0 Å². The number of aromatic nitrogens is 2. The number of nitrogens with zero attached hydrogens (tertiary/aromatic N) is 4. The van der Waals surface area contributed by atoms with Crippen LogP contribution in [-0.4, -0.2) is 69.8 Å². The summed E-state index contributed by atoms with van der Waals surface area (Å²) in [6, 6.07) is 0. The molecule has 0 radical (unpaired) electrons. The van der Waals surface area contributed by atoms with Crippen molar-refractivity contribution in [3.8, 4) is 0 Å². The number of hydrogen-bond donors (Lipinski definition) is 1. The van der Waals surface area contributed by atoms with Crippen LogP contribution in [0, 0.1) is 0 Å². The lowest BCUT2D eigenvalue weighted by Crippen LogP contribution is -2.38. The first-order chi connectivity index (χ1) is 11.8. The van der Waals surface area contributed by atoms with Gasteiger partial charge in [-0.25, -0.2) is 17.5 Å². The Morgan fingerprint density at radius 3 is 2.56 bits per heavy atom. The molecule has 1 saturated heterocycles. The Bertz CT molecular complexity index is 750. The number of sulfonamides is 1. The summed E-state index contributed by atoms with van der Waals surface area (Å²) in [4.78, 5) is 24.2. The van der Waals surface area contributed by atoms with Gasteiger partial charge in [-0.2, -0.15) is 5.10 Å². The van der Waals surface area contributed by atoms with Crippen LogP contribution in [0.3, 0.4) is 0 Å². The molecule has 1 fully saturated rings. The summed E-state index contributed by atoms with van der Waals surface area (Å²) in [6.07, 6.45) is 6.67. The molecule has 1 aromatic heterocycles. The Kier molecular flexibility index (Phi) is 6.32. The Labute approximate surface area is 146 Å². The summed E-state index contributed by atoms with van der Waals surface area (Å²) in [5.74, 6) is -1.98. The van der Waals surface area contributed by atoms with E-state index in [1.807, 2.05) is 0 Å². The van der Waals surface area contributed by atoms with E-state index in [-0.39, 0.29) is 18.8 Å². The van der Waals surface area contributed by atoms with Crippen LogP contribution in [0.15, 0.2) is 24.5 Å². The van der Waals surface area contributed by atoms with Crippen LogP contribution < -0.4 is 0 Å². The lowest BCUT2D eigenvalue weighted by molar-refractivity contribution is -0.132. The Morgan fingerprint density at radius 2 is 2.00 bits per heavy atom. The summed E-state index contributed by atoms with van der Waals surface area (Å²) in [6.45, 7) is 1.16. The first-order valence-corrected chi connectivity index (χ1v) is 9.54. The predicted molar refractivity (Wildman–Crippen MR) is 90.0 cm³/mol.